The number of rotatable bonds is 7. The summed E-state index contributed by atoms with van der Waals surface area (Å²) in [6, 6.07) is 11.4. The summed E-state index contributed by atoms with van der Waals surface area (Å²) in [5, 5.41) is 19.2. The van der Waals surface area contributed by atoms with Crippen LogP contribution in [0.2, 0.25) is 0 Å². The molecule has 0 unspecified atom stereocenters. The Morgan fingerprint density at radius 2 is 1.85 bits per heavy atom. The third-order valence-corrected chi connectivity index (χ3v) is 11.5. The SMILES string of the molecule is CCn1nnc2c(C)c([C@@H](c3ccc(C)c(CN4CC5(CCOCC5)Oc5ncc(C)cc5S4(=O)=O)c3)C(C)(C)C(=O)O)ccc21. The lowest BCUT2D eigenvalue weighted by Gasteiger charge is -2.38. The lowest BCUT2D eigenvalue weighted by molar-refractivity contribution is -0.147. The topological polar surface area (TPSA) is 137 Å². The van der Waals surface area contributed by atoms with Gasteiger partial charge in [-0.15, -0.1) is 5.10 Å². The highest BCUT2D eigenvalue weighted by Crippen LogP contribution is 2.45. The van der Waals surface area contributed by atoms with E-state index in [0.717, 1.165) is 44.4 Å². The molecule has 1 fully saturated rings. The molecule has 1 N–H and O–H groups in total. The van der Waals surface area contributed by atoms with Gasteiger partial charge in [-0.1, -0.05) is 29.5 Å². The monoisotopic (exact) mass is 647 g/mol. The molecular weight excluding hydrogens is 606 g/mol. The van der Waals surface area contributed by atoms with Crippen LogP contribution in [-0.4, -0.2) is 69.1 Å². The molecule has 1 spiro atoms. The van der Waals surface area contributed by atoms with Crippen molar-refractivity contribution in [2.45, 2.75) is 83.9 Å². The molecule has 244 valence electrons. The van der Waals surface area contributed by atoms with Crippen LogP contribution < -0.4 is 4.74 Å². The van der Waals surface area contributed by atoms with E-state index in [0.29, 0.717) is 32.6 Å². The number of aliphatic carboxylic acids is 1. The molecule has 2 aromatic carbocycles. The summed E-state index contributed by atoms with van der Waals surface area (Å²) in [5.41, 5.74) is 4.53. The Morgan fingerprint density at radius 3 is 2.54 bits per heavy atom. The lowest BCUT2D eigenvalue weighted by Crippen LogP contribution is -2.50. The van der Waals surface area contributed by atoms with Gasteiger partial charge >= 0.3 is 5.97 Å². The summed E-state index contributed by atoms with van der Waals surface area (Å²) in [7, 11) is -4.00. The van der Waals surface area contributed by atoms with Crippen LogP contribution in [0.1, 0.15) is 72.9 Å². The number of pyridine rings is 1. The zero-order chi connectivity index (χ0) is 33.0. The normalized spacial score (nSPS) is 18.6. The zero-order valence-electron chi connectivity index (χ0n) is 27.2. The molecule has 6 rings (SSSR count). The summed E-state index contributed by atoms with van der Waals surface area (Å²) in [4.78, 5) is 17.2. The third-order valence-electron chi connectivity index (χ3n) is 9.67. The van der Waals surface area contributed by atoms with E-state index >= 15 is 0 Å². The van der Waals surface area contributed by atoms with Crippen molar-refractivity contribution in [2.24, 2.45) is 5.41 Å². The average Bonchev–Trinajstić information content (AvgIpc) is 3.41. The van der Waals surface area contributed by atoms with Crippen molar-refractivity contribution >= 4 is 27.0 Å². The van der Waals surface area contributed by atoms with Gasteiger partial charge in [-0.05, 0) is 87.1 Å². The molecule has 12 heteroatoms. The van der Waals surface area contributed by atoms with E-state index < -0.39 is 32.9 Å². The van der Waals surface area contributed by atoms with E-state index in [1.165, 1.54) is 4.31 Å². The summed E-state index contributed by atoms with van der Waals surface area (Å²) in [5.74, 6) is -1.38. The van der Waals surface area contributed by atoms with E-state index in [-0.39, 0.29) is 23.9 Å². The number of carboxylic acid groups (broad SMARTS) is 1. The van der Waals surface area contributed by atoms with Crippen molar-refractivity contribution in [3.63, 3.8) is 0 Å². The highest BCUT2D eigenvalue weighted by molar-refractivity contribution is 7.89. The van der Waals surface area contributed by atoms with Crippen molar-refractivity contribution in [1.82, 2.24) is 24.3 Å². The Bertz CT molecular complexity index is 1930. The van der Waals surface area contributed by atoms with Crippen LogP contribution in [0.4, 0.5) is 0 Å². The quantitative estimate of drug-likeness (QED) is 0.289. The van der Waals surface area contributed by atoms with Crippen molar-refractivity contribution in [3.8, 4) is 5.88 Å². The molecule has 0 radical (unpaired) electrons. The number of fused-ring (bicyclic) bond motifs is 2. The second-order valence-electron chi connectivity index (χ2n) is 13.2. The van der Waals surface area contributed by atoms with E-state index in [1.807, 2.05) is 62.7 Å². The molecule has 2 aliphatic rings. The number of aromatic nitrogens is 4. The summed E-state index contributed by atoms with van der Waals surface area (Å²) < 4.78 is 43.9. The van der Waals surface area contributed by atoms with Gasteiger partial charge in [0.05, 0.1) is 30.7 Å². The first kappa shape index (κ1) is 32.1. The van der Waals surface area contributed by atoms with Gasteiger partial charge in [0.2, 0.25) is 15.9 Å². The molecule has 0 saturated carbocycles. The molecule has 4 aromatic rings. The van der Waals surface area contributed by atoms with Crippen molar-refractivity contribution in [1.29, 1.82) is 0 Å². The maximum absolute atomic E-state index is 14.3. The van der Waals surface area contributed by atoms with Crippen LogP contribution in [0.3, 0.4) is 0 Å². The minimum atomic E-state index is -4.00. The van der Waals surface area contributed by atoms with Crippen molar-refractivity contribution < 1.29 is 27.8 Å². The molecule has 0 aliphatic carbocycles. The zero-order valence-corrected chi connectivity index (χ0v) is 28.0. The number of nitrogens with zero attached hydrogens (tertiary/aromatic N) is 5. The second kappa shape index (κ2) is 11.7. The summed E-state index contributed by atoms with van der Waals surface area (Å²) >= 11 is 0. The Balaban J connectivity index is 1.46. The maximum Gasteiger partial charge on any atom is 0.310 e. The highest BCUT2D eigenvalue weighted by Gasteiger charge is 2.46. The van der Waals surface area contributed by atoms with E-state index in [2.05, 4.69) is 15.3 Å². The summed E-state index contributed by atoms with van der Waals surface area (Å²) in [6.45, 7) is 13.0. The van der Waals surface area contributed by atoms with Crippen LogP contribution in [0.15, 0.2) is 47.5 Å². The number of benzene rings is 2. The van der Waals surface area contributed by atoms with Crippen molar-refractivity contribution in [3.05, 3.63) is 76.0 Å². The third kappa shape index (κ3) is 5.46. The molecule has 1 atom stereocenters. The predicted molar refractivity (Wildman–Crippen MR) is 172 cm³/mol. The second-order valence-corrected chi connectivity index (χ2v) is 15.1. The van der Waals surface area contributed by atoms with Gasteiger partial charge in [-0.2, -0.15) is 4.31 Å². The Labute approximate surface area is 269 Å². The van der Waals surface area contributed by atoms with Gasteiger partial charge in [-0.3, -0.25) is 4.79 Å². The lowest BCUT2D eigenvalue weighted by atomic mass is 9.69. The Hall–Kier alpha value is -3.87. The average molecular weight is 648 g/mol. The van der Waals surface area contributed by atoms with E-state index in [9.17, 15) is 18.3 Å². The van der Waals surface area contributed by atoms with Gasteiger partial charge in [-0.25, -0.2) is 18.1 Å². The van der Waals surface area contributed by atoms with Crippen LogP contribution >= 0.6 is 0 Å². The highest BCUT2D eigenvalue weighted by atomic mass is 32.2. The van der Waals surface area contributed by atoms with Gasteiger partial charge in [0.1, 0.15) is 16.0 Å². The fourth-order valence-electron chi connectivity index (χ4n) is 6.79. The van der Waals surface area contributed by atoms with Gasteiger partial charge in [0.15, 0.2) is 0 Å². The fraction of sp³-hybridized carbons (Fsp3) is 0.471. The van der Waals surface area contributed by atoms with Gasteiger partial charge in [0, 0.05) is 38.0 Å². The molecule has 1 saturated heterocycles. The number of carbonyl (C=O) groups is 1. The number of carboxylic acids is 1. The predicted octanol–water partition coefficient (Wildman–Crippen LogP) is 5.15. The van der Waals surface area contributed by atoms with Crippen LogP contribution in [0.25, 0.3) is 11.0 Å². The fourth-order valence-corrected chi connectivity index (χ4v) is 8.43. The summed E-state index contributed by atoms with van der Waals surface area (Å²) in [6.07, 6.45) is 2.69. The molecule has 11 nitrogen and oxygen atoms in total. The first-order chi connectivity index (χ1) is 21.8. The minimum absolute atomic E-state index is 0.0543. The first-order valence-corrected chi connectivity index (χ1v) is 17.1. The van der Waals surface area contributed by atoms with Crippen LogP contribution in [0, 0.1) is 26.2 Å². The van der Waals surface area contributed by atoms with Crippen LogP contribution in [-0.2, 0) is 32.6 Å². The van der Waals surface area contributed by atoms with Crippen molar-refractivity contribution in [2.75, 3.05) is 19.8 Å². The molecule has 2 aliphatic heterocycles. The van der Waals surface area contributed by atoms with E-state index in [4.69, 9.17) is 9.47 Å². The Kier molecular flexibility index (Phi) is 8.19. The number of sulfonamides is 1. The molecule has 4 heterocycles. The van der Waals surface area contributed by atoms with E-state index in [1.54, 1.807) is 26.1 Å². The van der Waals surface area contributed by atoms with Crippen LogP contribution in [0.5, 0.6) is 5.88 Å². The molecule has 2 aromatic heterocycles. The number of ether oxygens (including phenoxy) is 2. The largest absolute Gasteiger partial charge is 0.481 e. The molecule has 0 bridgehead atoms. The van der Waals surface area contributed by atoms with Gasteiger partial charge in [0.25, 0.3) is 0 Å². The smallest absolute Gasteiger partial charge is 0.310 e. The standard InChI is InChI=1S/C34H41N5O6S/c1-7-39-27-11-10-26(23(4)30(27)36-37-39)29(33(5,6)32(40)41)24-9-8-22(3)25(17-24)19-38-20-34(12-14-44-15-13-34)45-31-28(46(38,42)43)16-21(2)18-35-31/h8-11,16-18,29H,7,12-15,19-20H2,1-6H3,(H,40,41)/t29-/m1/s1. The molecule has 46 heavy (non-hydrogen) atoms. The number of aryl methyl sites for hydroxylation is 4. The Morgan fingerprint density at radius 1 is 1.11 bits per heavy atom. The molecule has 0 amide bonds. The van der Waals surface area contributed by atoms with Gasteiger partial charge < -0.3 is 14.6 Å². The number of hydrogen-bond donors (Lipinski definition) is 1. The first-order valence-electron chi connectivity index (χ1n) is 15.7. The maximum atomic E-state index is 14.3. The molecular formula is C34H41N5O6S. The number of hydrogen-bond acceptors (Lipinski definition) is 8. The minimum Gasteiger partial charge on any atom is -0.481 e.